The SMILES string of the molecule is [CH2-]N1CCCC(C#N)C1. The van der Waals surface area contributed by atoms with Crippen molar-refractivity contribution >= 4 is 0 Å². The van der Waals surface area contributed by atoms with Gasteiger partial charge in [0.2, 0.25) is 0 Å². The fourth-order valence-corrected chi connectivity index (χ4v) is 1.16. The molecule has 0 spiro atoms. The summed E-state index contributed by atoms with van der Waals surface area (Å²) in [5.74, 6) is 0.233. The normalized spacial score (nSPS) is 29.6. The van der Waals surface area contributed by atoms with E-state index in [0.29, 0.717) is 0 Å². The van der Waals surface area contributed by atoms with Crippen molar-refractivity contribution < 1.29 is 0 Å². The predicted octanol–water partition coefficient (Wildman–Crippen LogP) is 1.01. The molecule has 0 amide bonds. The zero-order valence-electron chi connectivity index (χ0n) is 5.51. The third kappa shape index (κ3) is 1.69. The minimum Gasteiger partial charge on any atom is -0.458 e. The van der Waals surface area contributed by atoms with Crippen molar-refractivity contribution in [1.29, 1.82) is 5.26 Å². The van der Waals surface area contributed by atoms with Crippen LogP contribution in [0.15, 0.2) is 0 Å². The van der Waals surface area contributed by atoms with Crippen LogP contribution in [0.25, 0.3) is 0 Å². The average Bonchev–Trinajstić information content (AvgIpc) is 1.88. The van der Waals surface area contributed by atoms with E-state index in [2.05, 4.69) is 13.1 Å². The number of likely N-dealkylation sites (tertiary alicyclic amines) is 1. The topological polar surface area (TPSA) is 27.0 Å². The summed E-state index contributed by atoms with van der Waals surface area (Å²) in [6, 6.07) is 2.25. The highest BCUT2D eigenvalue weighted by atomic mass is 15.1. The van der Waals surface area contributed by atoms with Crippen molar-refractivity contribution in [2.24, 2.45) is 5.92 Å². The van der Waals surface area contributed by atoms with Crippen LogP contribution in [0.1, 0.15) is 12.8 Å². The Morgan fingerprint density at radius 2 is 2.44 bits per heavy atom. The lowest BCUT2D eigenvalue weighted by Crippen LogP contribution is -2.29. The maximum Gasteiger partial charge on any atom is 0.0668 e. The molecule has 1 fully saturated rings. The van der Waals surface area contributed by atoms with Crippen LogP contribution in [0.5, 0.6) is 0 Å². The molecule has 50 valence electrons. The molecule has 1 rings (SSSR count). The molecule has 0 aromatic rings. The summed E-state index contributed by atoms with van der Waals surface area (Å²) >= 11 is 0. The molecule has 1 unspecified atom stereocenters. The molecule has 1 aliphatic heterocycles. The fourth-order valence-electron chi connectivity index (χ4n) is 1.16. The molecule has 0 aliphatic carbocycles. The molecule has 1 saturated heterocycles. The summed E-state index contributed by atoms with van der Waals surface area (Å²) in [7, 11) is 3.78. The van der Waals surface area contributed by atoms with Crippen molar-refractivity contribution in [2.75, 3.05) is 13.1 Å². The second kappa shape index (κ2) is 2.84. The zero-order chi connectivity index (χ0) is 6.69. The Bertz CT molecular complexity index is 125. The van der Waals surface area contributed by atoms with Gasteiger partial charge in [-0.15, -0.1) is 0 Å². The van der Waals surface area contributed by atoms with Crippen molar-refractivity contribution in [1.82, 2.24) is 4.90 Å². The van der Waals surface area contributed by atoms with Crippen LogP contribution in [0.4, 0.5) is 0 Å². The van der Waals surface area contributed by atoms with E-state index in [4.69, 9.17) is 5.26 Å². The van der Waals surface area contributed by atoms with Crippen LogP contribution in [0.2, 0.25) is 0 Å². The lowest BCUT2D eigenvalue weighted by molar-refractivity contribution is 0.265. The van der Waals surface area contributed by atoms with Gasteiger partial charge in [0, 0.05) is 0 Å². The maximum atomic E-state index is 8.50. The molecule has 1 heterocycles. The quantitative estimate of drug-likeness (QED) is 0.449. The first-order valence-corrected chi connectivity index (χ1v) is 3.28. The van der Waals surface area contributed by atoms with Crippen molar-refractivity contribution in [3.05, 3.63) is 7.05 Å². The van der Waals surface area contributed by atoms with Gasteiger partial charge in [-0.3, -0.25) is 7.05 Å². The summed E-state index contributed by atoms with van der Waals surface area (Å²) in [6.45, 7) is 1.91. The van der Waals surface area contributed by atoms with Crippen molar-refractivity contribution in [2.45, 2.75) is 12.8 Å². The van der Waals surface area contributed by atoms with Crippen molar-refractivity contribution in [3.63, 3.8) is 0 Å². The molecular formula is C7H11N2-. The van der Waals surface area contributed by atoms with Crippen LogP contribution in [-0.2, 0) is 0 Å². The van der Waals surface area contributed by atoms with Crippen LogP contribution in [-0.4, -0.2) is 18.0 Å². The molecule has 2 heteroatoms. The second-order valence-electron chi connectivity index (χ2n) is 2.55. The minimum atomic E-state index is 0.233. The highest BCUT2D eigenvalue weighted by molar-refractivity contribution is 4.87. The highest BCUT2D eigenvalue weighted by Crippen LogP contribution is 2.13. The number of nitriles is 1. The Labute approximate surface area is 56.1 Å². The first-order valence-electron chi connectivity index (χ1n) is 3.28. The Balaban J connectivity index is 2.34. The van der Waals surface area contributed by atoms with E-state index in [-0.39, 0.29) is 5.92 Å². The summed E-state index contributed by atoms with van der Waals surface area (Å²) in [5, 5.41) is 8.50. The molecule has 1 aliphatic rings. The Kier molecular flexibility index (Phi) is 2.07. The van der Waals surface area contributed by atoms with E-state index < -0.39 is 0 Å². The fraction of sp³-hybridized carbons (Fsp3) is 0.714. The third-order valence-corrected chi connectivity index (χ3v) is 1.69. The van der Waals surface area contributed by atoms with E-state index in [9.17, 15) is 0 Å². The molecule has 0 N–H and O–H groups in total. The van der Waals surface area contributed by atoms with Gasteiger partial charge >= 0.3 is 0 Å². The number of hydrogen-bond donors (Lipinski definition) is 0. The number of piperidine rings is 1. The van der Waals surface area contributed by atoms with Crippen LogP contribution >= 0.6 is 0 Å². The van der Waals surface area contributed by atoms with Gasteiger partial charge in [-0.1, -0.05) is 0 Å². The average molecular weight is 123 g/mol. The Hall–Kier alpha value is -0.550. The first kappa shape index (κ1) is 6.57. The van der Waals surface area contributed by atoms with Crippen LogP contribution in [0, 0.1) is 24.3 Å². The van der Waals surface area contributed by atoms with E-state index in [0.717, 1.165) is 25.9 Å². The maximum absolute atomic E-state index is 8.50. The summed E-state index contributed by atoms with van der Waals surface area (Å²) < 4.78 is 0. The van der Waals surface area contributed by atoms with Gasteiger partial charge in [-0.25, -0.2) is 0 Å². The Morgan fingerprint density at radius 3 is 2.89 bits per heavy atom. The van der Waals surface area contributed by atoms with Crippen molar-refractivity contribution in [3.8, 4) is 6.07 Å². The molecule has 0 aromatic heterocycles. The lowest BCUT2D eigenvalue weighted by Gasteiger charge is -2.31. The van der Waals surface area contributed by atoms with E-state index in [1.807, 2.05) is 4.90 Å². The van der Waals surface area contributed by atoms with Gasteiger partial charge in [0.25, 0.3) is 0 Å². The van der Waals surface area contributed by atoms with Gasteiger partial charge < -0.3 is 4.90 Å². The molecule has 0 bridgehead atoms. The second-order valence-corrected chi connectivity index (χ2v) is 2.55. The molecule has 0 aromatic carbocycles. The monoisotopic (exact) mass is 123 g/mol. The van der Waals surface area contributed by atoms with Gasteiger partial charge in [0.1, 0.15) is 0 Å². The highest BCUT2D eigenvalue weighted by Gasteiger charge is 2.11. The molecule has 0 radical (unpaired) electrons. The van der Waals surface area contributed by atoms with Gasteiger partial charge in [0.15, 0.2) is 0 Å². The zero-order valence-corrected chi connectivity index (χ0v) is 5.51. The van der Waals surface area contributed by atoms with Gasteiger partial charge in [-0.2, -0.15) is 5.26 Å². The van der Waals surface area contributed by atoms with Gasteiger partial charge in [0.05, 0.1) is 12.0 Å². The lowest BCUT2D eigenvalue weighted by atomic mass is 10.0. The number of rotatable bonds is 0. The molecular weight excluding hydrogens is 112 g/mol. The number of hydrogen-bond acceptors (Lipinski definition) is 2. The standard InChI is InChI=1S/C7H11N2/c1-9-4-2-3-7(5-8)6-9/h7H,1-4,6H2/q-1. The van der Waals surface area contributed by atoms with E-state index in [1.54, 1.807) is 0 Å². The van der Waals surface area contributed by atoms with Crippen LogP contribution in [0.3, 0.4) is 0 Å². The molecule has 9 heavy (non-hydrogen) atoms. The molecule has 2 nitrogen and oxygen atoms in total. The number of nitrogens with zero attached hydrogens (tertiary/aromatic N) is 2. The third-order valence-electron chi connectivity index (χ3n) is 1.69. The minimum absolute atomic E-state index is 0.233. The predicted molar refractivity (Wildman–Crippen MR) is 35.3 cm³/mol. The first-order chi connectivity index (χ1) is 4.33. The smallest absolute Gasteiger partial charge is 0.0668 e. The van der Waals surface area contributed by atoms with Crippen LogP contribution < -0.4 is 0 Å². The van der Waals surface area contributed by atoms with Gasteiger partial charge in [-0.05, 0) is 25.9 Å². The molecule has 1 atom stereocenters. The van der Waals surface area contributed by atoms with E-state index >= 15 is 0 Å². The molecule has 0 saturated carbocycles. The summed E-state index contributed by atoms with van der Waals surface area (Å²) in [4.78, 5) is 1.97. The summed E-state index contributed by atoms with van der Waals surface area (Å²) in [5.41, 5.74) is 0. The largest absolute Gasteiger partial charge is 0.458 e. The summed E-state index contributed by atoms with van der Waals surface area (Å²) in [6.07, 6.45) is 2.18. The Morgan fingerprint density at radius 1 is 1.67 bits per heavy atom. The van der Waals surface area contributed by atoms with E-state index in [1.165, 1.54) is 0 Å².